The number of aryl methyl sites for hydroxylation is 3. The van der Waals surface area contributed by atoms with E-state index >= 15 is 0 Å². The van der Waals surface area contributed by atoms with Crippen molar-refractivity contribution in [1.29, 1.82) is 0 Å². The molecule has 0 saturated heterocycles. The van der Waals surface area contributed by atoms with Crippen LogP contribution in [-0.2, 0) is 0 Å². The topological polar surface area (TPSA) is 70.9 Å². The van der Waals surface area contributed by atoms with Crippen LogP contribution in [0, 0.1) is 20.8 Å². The number of fused-ring (bicyclic) bond motifs is 1. The van der Waals surface area contributed by atoms with Crippen LogP contribution in [0.4, 0.5) is 5.82 Å². The number of aromatic nitrogens is 3. The molecule has 140 valence electrons. The van der Waals surface area contributed by atoms with E-state index in [1.54, 1.807) is 0 Å². The molecule has 5 nitrogen and oxygen atoms in total. The van der Waals surface area contributed by atoms with Gasteiger partial charge in [-0.2, -0.15) is 0 Å². The molecule has 0 aliphatic carbocycles. The van der Waals surface area contributed by atoms with E-state index in [4.69, 9.17) is 0 Å². The molecule has 28 heavy (non-hydrogen) atoms. The van der Waals surface area contributed by atoms with Crippen LogP contribution >= 0.6 is 0 Å². The summed E-state index contributed by atoms with van der Waals surface area (Å²) in [4.78, 5) is 13.8. The van der Waals surface area contributed by atoms with Crippen molar-refractivity contribution in [3.63, 3.8) is 0 Å². The lowest BCUT2D eigenvalue weighted by Gasteiger charge is -2.21. The Balaban J connectivity index is 1.87. The third-order valence-electron chi connectivity index (χ3n) is 4.70. The van der Waals surface area contributed by atoms with Crippen molar-refractivity contribution in [3.05, 3.63) is 89.0 Å². The lowest BCUT2D eigenvalue weighted by atomic mass is 9.99. The average Bonchev–Trinajstić information content (AvgIpc) is 2.67. The van der Waals surface area contributed by atoms with Crippen molar-refractivity contribution < 1.29 is 5.11 Å². The predicted molar refractivity (Wildman–Crippen MR) is 112 cm³/mol. The minimum absolute atomic E-state index is 0.162. The maximum atomic E-state index is 11.1. The van der Waals surface area contributed by atoms with Gasteiger partial charge >= 0.3 is 0 Å². The largest absolute Gasteiger partial charge is 0.505 e. The van der Waals surface area contributed by atoms with Crippen molar-refractivity contribution >= 4 is 16.7 Å². The average molecular weight is 370 g/mol. The van der Waals surface area contributed by atoms with Crippen LogP contribution in [0.15, 0.2) is 60.7 Å². The molecule has 5 heteroatoms. The van der Waals surface area contributed by atoms with Crippen molar-refractivity contribution in [3.8, 4) is 5.75 Å². The van der Waals surface area contributed by atoms with Crippen LogP contribution in [0.3, 0.4) is 0 Å². The zero-order valence-corrected chi connectivity index (χ0v) is 16.1. The summed E-state index contributed by atoms with van der Waals surface area (Å²) >= 11 is 0. The van der Waals surface area contributed by atoms with Crippen LogP contribution in [0.2, 0.25) is 0 Å². The molecule has 0 radical (unpaired) electrons. The first kappa shape index (κ1) is 17.9. The molecule has 2 N–H and O–H groups in total. The fourth-order valence-corrected chi connectivity index (χ4v) is 3.33. The molecule has 4 aromatic rings. The van der Waals surface area contributed by atoms with Crippen LogP contribution in [0.5, 0.6) is 5.75 Å². The zero-order chi connectivity index (χ0) is 19.7. The van der Waals surface area contributed by atoms with E-state index in [9.17, 15) is 5.11 Å². The van der Waals surface area contributed by atoms with E-state index in [1.165, 1.54) is 0 Å². The first-order valence-electron chi connectivity index (χ1n) is 9.24. The zero-order valence-electron chi connectivity index (χ0n) is 16.1. The minimum atomic E-state index is -0.360. The van der Waals surface area contributed by atoms with E-state index < -0.39 is 0 Å². The molecule has 4 rings (SSSR count). The van der Waals surface area contributed by atoms with Gasteiger partial charge in [-0.1, -0.05) is 30.3 Å². The molecular formula is C23H22N4O. The maximum absolute atomic E-state index is 11.1. The summed E-state index contributed by atoms with van der Waals surface area (Å²) in [6.07, 6.45) is 0. The number of aromatic hydroxyl groups is 1. The lowest BCUT2D eigenvalue weighted by Crippen LogP contribution is -2.15. The number of nitrogens with one attached hydrogen (secondary N) is 1. The first-order chi connectivity index (χ1) is 13.5. The number of rotatable bonds is 4. The van der Waals surface area contributed by atoms with Gasteiger partial charge in [0.2, 0.25) is 0 Å². The normalized spacial score (nSPS) is 12.1. The van der Waals surface area contributed by atoms with Crippen LogP contribution in [0.1, 0.15) is 34.4 Å². The number of benzene rings is 1. The standard InChI is InChI=1S/C23H22N4O/c1-14-6-4-8-19(24-14)22(27-20-9-5-7-15(2)25-20)18-13-12-17-11-10-16(3)26-21(17)23(18)28/h4-13,22,28H,1-3H3,(H,25,27)/t22-/m1/s1. The monoisotopic (exact) mass is 370 g/mol. The first-order valence-corrected chi connectivity index (χ1v) is 9.24. The molecule has 3 aromatic heterocycles. The smallest absolute Gasteiger partial charge is 0.147 e. The van der Waals surface area contributed by atoms with E-state index in [0.717, 1.165) is 34.0 Å². The molecule has 0 bridgehead atoms. The number of phenols is 1. The Kier molecular flexibility index (Phi) is 4.65. The second-order valence-electron chi connectivity index (χ2n) is 6.97. The fraction of sp³-hybridized carbons (Fsp3) is 0.174. The van der Waals surface area contributed by atoms with Crippen molar-refractivity contribution in [2.45, 2.75) is 26.8 Å². The van der Waals surface area contributed by atoms with Gasteiger partial charge in [-0.3, -0.25) is 4.98 Å². The Labute approximate surface area is 164 Å². The van der Waals surface area contributed by atoms with Crippen molar-refractivity contribution in [1.82, 2.24) is 15.0 Å². The summed E-state index contributed by atoms with van der Waals surface area (Å²) < 4.78 is 0. The number of pyridine rings is 3. The predicted octanol–water partition coefficient (Wildman–Crippen LogP) is 4.86. The van der Waals surface area contributed by atoms with E-state index in [0.29, 0.717) is 11.1 Å². The fourth-order valence-electron chi connectivity index (χ4n) is 3.33. The summed E-state index contributed by atoms with van der Waals surface area (Å²) in [6.45, 7) is 5.82. The highest BCUT2D eigenvalue weighted by atomic mass is 16.3. The molecule has 0 fully saturated rings. The number of hydrogen-bond acceptors (Lipinski definition) is 5. The van der Waals surface area contributed by atoms with Gasteiger partial charge in [0, 0.05) is 28.0 Å². The number of phenolic OH excluding ortho intramolecular Hbond substituents is 1. The Morgan fingerprint density at radius 2 is 1.43 bits per heavy atom. The second-order valence-corrected chi connectivity index (χ2v) is 6.97. The van der Waals surface area contributed by atoms with E-state index in [1.807, 2.05) is 81.4 Å². The van der Waals surface area contributed by atoms with Gasteiger partial charge in [-0.25, -0.2) is 9.97 Å². The lowest BCUT2D eigenvalue weighted by molar-refractivity contribution is 0.471. The third kappa shape index (κ3) is 3.51. The Morgan fingerprint density at radius 1 is 0.750 bits per heavy atom. The number of anilines is 1. The third-order valence-corrected chi connectivity index (χ3v) is 4.70. The highest BCUT2D eigenvalue weighted by Gasteiger charge is 2.22. The molecule has 3 heterocycles. The number of nitrogens with zero attached hydrogens (tertiary/aromatic N) is 3. The second kappa shape index (κ2) is 7.27. The Morgan fingerprint density at radius 3 is 2.18 bits per heavy atom. The van der Waals surface area contributed by atoms with Gasteiger partial charge in [-0.05, 0) is 51.1 Å². The van der Waals surface area contributed by atoms with Gasteiger partial charge in [-0.15, -0.1) is 0 Å². The molecule has 0 saturated carbocycles. The van der Waals surface area contributed by atoms with Gasteiger partial charge in [0.15, 0.2) is 0 Å². The van der Waals surface area contributed by atoms with Gasteiger partial charge < -0.3 is 10.4 Å². The van der Waals surface area contributed by atoms with E-state index in [-0.39, 0.29) is 11.8 Å². The van der Waals surface area contributed by atoms with Gasteiger partial charge in [0.05, 0.1) is 11.7 Å². The van der Waals surface area contributed by atoms with E-state index in [2.05, 4.69) is 20.3 Å². The van der Waals surface area contributed by atoms with Crippen LogP contribution in [-0.4, -0.2) is 20.1 Å². The Bertz CT molecular complexity index is 1160. The van der Waals surface area contributed by atoms with Crippen LogP contribution in [0.25, 0.3) is 10.9 Å². The summed E-state index contributed by atoms with van der Waals surface area (Å²) in [7, 11) is 0. The quantitative estimate of drug-likeness (QED) is 0.537. The minimum Gasteiger partial charge on any atom is -0.505 e. The molecule has 1 aromatic carbocycles. The maximum Gasteiger partial charge on any atom is 0.147 e. The Hall–Kier alpha value is -3.47. The van der Waals surface area contributed by atoms with Crippen LogP contribution < -0.4 is 5.32 Å². The molecular weight excluding hydrogens is 348 g/mol. The molecule has 0 unspecified atom stereocenters. The summed E-state index contributed by atoms with van der Waals surface area (Å²) in [5.74, 6) is 0.889. The van der Waals surface area contributed by atoms with Crippen molar-refractivity contribution in [2.24, 2.45) is 0 Å². The SMILES string of the molecule is Cc1cccc(N[C@@H](c2cccc(C)n2)c2ccc3ccc(C)nc3c2O)n1. The number of hydrogen-bond donors (Lipinski definition) is 2. The summed E-state index contributed by atoms with van der Waals surface area (Å²) in [5, 5.41) is 15.4. The molecule has 0 aliphatic rings. The molecule has 0 spiro atoms. The van der Waals surface area contributed by atoms with Gasteiger partial charge in [0.25, 0.3) is 0 Å². The molecule has 0 aliphatic heterocycles. The van der Waals surface area contributed by atoms with Crippen molar-refractivity contribution in [2.75, 3.05) is 5.32 Å². The highest BCUT2D eigenvalue weighted by molar-refractivity contribution is 5.86. The molecule has 1 atom stereocenters. The molecule has 0 amide bonds. The highest BCUT2D eigenvalue weighted by Crippen LogP contribution is 2.35. The summed E-state index contributed by atoms with van der Waals surface area (Å²) in [5.41, 5.74) is 4.81. The summed E-state index contributed by atoms with van der Waals surface area (Å²) in [6, 6.07) is 19.1. The van der Waals surface area contributed by atoms with Gasteiger partial charge in [0.1, 0.15) is 17.1 Å².